The standard InChI is InChI=1S/C35H34N4O7/c1-3-22-24-13-14-25-28(32(43)38(30(25)41)19-27(40)45-2)29(24)35(17-20-9-5-4-6-10-20)33(46-34(44)39(35)31(22)42)36-16-15-21-18-37-26-12-8-7-11-23(21)26/h4-12,18,25,28-29,37H,3,13-17,19H2,1-2H3/t25-,28-,29+,35+/m1/s1. The molecule has 2 saturated heterocycles. The SMILES string of the molecule is CCC1=C2CC[C@H]3C(=O)N(CC(=O)OC)C(=O)[C@H]3[C@H]2[C@@]2(Cc3ccccc3)C(=NCCc3c[nH]c4ccccc34)OC(=O)N2C1=O. The van der Waals surface area contributed by atoms with Crippen LogP contribution in [0.1, 0.15) is 37.3 Å². The van der Waals surface area contributed by atoms with Crippen molar-refractivity contribution >= 4 is 46.6 Å². The number of amides is 4. The van der Waals surface area contributed by atoms with Gasteiger partial charge >= 0.3 is 12.1 Å². The number of carbonyl (C=O) groups excluding carboxylic acids is 5. The average molecular weight is 623 g/mol. The maximum absolute atomic E-state index is 14.2. The molecule has 1 aliphatic carbocycles. The highest BCUT2D eigenvalue weighted by Crippen LogP contribution is 2.57. The molecule has 3 aliphatic heterocycles. The van der Waals surface area contributed by atoms with Gasteiger partial charge in [0.2, 0.25) is 17.7 Å². The summed E-state index contributed by atoms with van der Waals surface area (Å²) in [6, 6.07) is 17.3. The molecule has 0 radical (unpaired) electrons. The summed E-state index contributed by atoms with van der Waals surface area (Å²) < 4.78 is 10.7. The van der Waals surface area contributed by atoms with Gasteiger partial charge in [0.25, 0.3) is 5.91 Å². The first-order valence-corrected chi connectivity index (χ1v) is 15.6. The number of hydrogen-bond acceptors (Lipinski definition) is 8. The van der Waals surface area contributed by atoms with Crippen molar-refractivity contribution in [2.24, 2.45) is 22.7 Å². The molecule has 2 aromatic carbocycles. The van der Waals surface area contributed by atoms with Gasteiger partial charge in [-0.05, 0) is 42.9 Å². The highest BCUT2D eigenvalue weighted by atomic mass is 16.6. The van der Waals surface area contributed by atoms with Gasteiger partial charge in [0.1, 0.15) is 12.1 Å². The van der Waals surface area contributed by atoms with E-state index in [-0.39, 0.29) is 18.9 Å². The minimum absolute atomic E-state index is 0.0690. The maximum atomic E-state index is 14.2. The van der Waals surface area contributed by atoms with Crippen LogP contribution >= 0.6 is 0 Å². The number of fused-ring (bicyclic) bond motifs is 6. The van der Waals surface area contributed by atoms with Gasteiger partial charge in [-0.15, -0.1) is 0 Å². The Labute approximate surface area is 265 Å². The number of H-pyrrole nitrogens is 1. The fraction of sp³-hybridized carbons (Fsp3) is 0.371. The van der Waals surface area contributed by atoms with E-state index in [2.05, 4.69) is 4.98 Å². The summed E-state index contributed by atoms with van der Waals surface area (Å²) in [7, 11) is 1.20. The van der Waals surface area contributed by atoms with Gasteiger partial charge in [-0.1, -0.05) is 61.0 Å². The van der Waals surface area contributed by atoms with Crippen LogP contribution in [0.5, 0.6) is 0 Å². The van der Waals surface area contributed by atoms with Gasteiger partial charge in [-0.25, -0.2) is 9.69 Å². The zero-order chi connectivity index (χ0) is 32.2. The molecule has 0 unspecified atom stereocenters. The molecule has 11 heteroatoms. The van der Waals surface area contributed by atoms with Crippen LogP contribution in [0.25, 0.3) is 10.9 Å². The fourth-order valence-corrected chi connectivity index (χ4v) is 8.07. The first-order valence-electron chi connectivity index (χ1n) is 15.6. The van der Waals surface area contributed by atoms with Gasteiger partial charge in [0, 0.05) is 41.6 Å². The topological polar surface area (TPSA) is 138 Å². The van der Waals surface area contributed by atoms with Crippen molar-refractivity contribution in [1.82, 2.24) is 14.8 Å². The summed E-state index contributed by atoms with van der Waals surface area (Å²) in [5.41, 5.74) is 2.58. The van der Waals surface area contributed by atoms with E-state index in [4.69, 9.17) is 14.5 Å². The number of imide groups is 2. The third-order valence-electron chi connectivity index (χ3n) is 10.0. The van der Waals surface area contributed by atoms with Gasteiger partial charge in [-0.2, -0.15) is 0 Å². The second kappa shape index (κ2) is 11.4. The van der Waals surface area contributed by atoms with E-state index in [0.29, 0.717) is 31.3 Å². The van der Waals surface area contributed by atoms with E-state index in [1.165, 1.54) is 7.11 Å². The Balaban J connectivity index is 1.38. The molecule has 0 spiro atoms. The summed E-state index contributed by atoms with van der Waals surface area (Å²) >= 11 is 0. The molecule has 4 atom stereocenters. The fourth-order valence-electron chi connectivity index (χ4n) is 8.07. The van der Waals surface area contributed by atoms with E-state index >= 15 is 0 Å². The molecule has 0 bridgehead atoms. The van der Waals surface area contributed by atoms with Crippen LogP contribution in [0.3, 0.4) is 0 Å². The number of esters is 1. The minimum Gasteiger partial charge on any atom is -0.468 e. The van der Waals surface area contributed by atoms with Crippen molar-refractivity contribution in [1.29, 1.82) is 0 Å². The number of likely N-dealkylation sites (tertiary alicyclic amines) is 1. The number of hydrogen-bond donors (Lipinski definition) is 1. The molecule has 46 heavy (non-hydrogen) atoms. The molecule has 11 nitrogen and oxygen atoms in total. The molecular weight excluding hydrogens is 588 g/mol. The maximum Gasteiger partial charge on any atom is 0.424 e. The van der Waals surface area contributed by atoms with Crippen LogP contribution in [0.15, 0.2) is 76.9 Å². The monoisotopic (exact) mass is 622 g/mol. The quantitative estimate of drug-likeness (QED) is 0.296. The molecule has 4 heterocycles. The predicted octanol–water partition coefficient (Wildman–Crippen LogP) is 3.97. The molecular formula is C35H34N4O7. The Kier molecular flexibility index (Phi) is 7.33. The predicted molar refractivity (Wildman–Crippen MR) is 166 cm³/mol. The molecule has 236 valence electrons. The Hall–Kier alpha value is -5.06. The lowest BCUT2D eigenvalue weighted by atomic mass is 9.58. The van der Waals surface area contributed by atoms with E-state index < -0.39 is 59.6 Å². The largest absolute Gasteiger partial charge is 0.468 e. The molecule has 7 rings (SSSR count). The van der Waals surface area contributed by atoms with Crippen molar-refractivity contribution in [2.45, 2.75) is 44.6 Å². The first kappa shape index (κ1) is 29.6. The lowest BCUT2D eigenvalue weighted by Gasteiger charge is -2.50. The zero-order valence-corrected chi connectivity index (χ0v) is 25.7. The number of carbonyl (C=O) groups is 5. The number of nitrogens with zero attached hydrogens (tertiary/aromatic N) is 3. The summed E-state index contributed by atoms with van der Waals surface area (Å²) in [6.45, 7) is 1.60. The number of rotatable bonds is 8. The first-order chi connectivity index (χ1) is 22.3. The van der Waals surface area contributed by atoms with Crippen molar-refractivity contribution < 1.29 is 33.4 Å². The van der Waals surface area contributed by atoms with Gasteiger partial charge in [0.05, 0.1) is 18.9 Å². The normalized spacial score (nSPS) is 26.5. The lowest BCUT2D eigenvalue weighted by Crippen LogP contribution is -2.65. The second-order valence-electron chi connectivity index (χ2n) is 12.2. The van der Waals surface area contributed by atoms with E-state index in [1.807, 2.05) is 67.7 Å². The van der Waals surface area contributed by atoms with Crippen molar-refractivity contribution in [3.8, 4) is 0 Å². The Morgan fingerprint density at radius 2 is 1.83 bits per heavy atom. The minimum atomic E-state index is -1.48. The number of aromatic nitrogens is 1. The van der Waals surface area contributed by atoms with Crippen molar-refractivity contribution in [3.05, 3.63) is 83.1 Å². The zero-order valence-electron chi connectivity index (χ0n) is 25.7. The number of para-hydroxylation sites is 1. The number of nitrogens with one attached hydrogen (secondary N) is 1. The number of methoxy groups -OCH3 is 1. The van der Waals surface area contributed by atoms with Crippen molar-refractivity contribution in [2.75, 3.05) is 20.2 Å². The van der Waals surface area contributed by atoms with Crippen LogP contribution in [-0.4, -0.2) is 76.2 Å². The van der Waals surface area contributed by atoms with Crippen LogP contribution < -0.4 is 0 Å². The van der Waals surface area contributed by atoms with Crippen molar-refractivity contribution in [3.63, 3.8) is 0 Å². The van der Waals surface area contributed by atoms with Crippen LogP contribution in [0.4, 0.5) is 4.79 Å². The van der Waals surface area contributed by atoms with Gasteiger partial charge in [-0.3, -0.25) is 29.1 Å². The average Bonchev–Trinajstić information content (AvgIpc) is 3.68. The second-order valence-corrected chi connectivity index (χ2v) is 12.2. The lowest BCUT2D eigenvalue weighted by molar-refractivity contribution is -0.151. The van der Waals surface area contributed by atoms with Gasteiger partial charge < -0.3 is 14.5 Å². The summed E-state index contributed by atoms with van der Waals surface area (Å²) in [5, 5.41) is 1.06. The number of benzene rings is 2. The number of ether oxygens (including phenoxy) is 2. The number of aromatic amines is 1. The number of aliphatic imine (C=N–C) groups is 1. The van der Waals surface area contributed by atoms with E-state index in [0.717, 1.165) is 37.4 Å². The summed E-state index contributed by atoms with van der Waals surface area (Å²) in [4.78, 5) is 78.4. The molecule has 3 aromatic rings. The smallest absolute Gasteiger partial charge is 0.424 e. The molecule has 1 saturated carbocycles. The molecule has 1 aromatic heterocycles. The number of cyclic esters (lactones) is 1. The molecule has 1 N–H and O–H groups in total. The third-order valence-corrected chi connectivity index (χ3v) is 10.0. The Morgan fingerprint density at radius 1 is 1.07 bits per heavy atom. The molecule has 4 aliphatic rings. The molecule has 4 amide bonds. The highest BCUT2D eigenvalue weighted by molar-refractivity contribution is 6.17. The van der Waals surface area contributed by atoms with Crippen LogP contribution in [0, 0.1) is 17.8 Å². The summed E-state index contributed by atoms with van der Waals surface area (Å²) in [6.07, 6.45) is 2.84. The Bertz CT molecular complexity index is 1840. The van der Waals surface area contributed by atoms with E-state index in [9.17, 15) is 24.0 Å². The van der Waals surface area contributed by atoms with E-state index in [1.54, 1.807) is 0 Å². The van der Waals surface area contributed by atoms with Crippen LogP contribution in [-0.2, 0) is 41.5 Å². The highest BCUT2D eigenvalue weighted by Gasteiger charge is 2.70. The van der Waals surface area contributed by atoms with Gasteiger partial charge in [0.15, 0.2) is 0 Å². The van der Waals surface area contributed by atoms with Crippen LogP contribution in [0.2, 0.25) is 0 Å². The summed E-state index contributed by atoms with van der Waals surface area (Å²) in [5.74, 6) is -4.47. The molecule has 3 fully saturated rings. The Morgan fingerprint density at radius 3 is 2.59 bits per heavy atom. The third kappa shape index (κ3) is 4.39.